The van der Waals surface area contributed by atoms with Gasteiger partial charge in [-0.05, 0) is 61.2 Å². The Morgan fingerprint density at radius 2 is 1.68 bits per heavy atom. The van der Waals surface area contributed by atoms with Crippen LogP contribution >= 0.6 is 0 Å². The van der Waals surface area contributed by atoms with Crippen LogP contribution in [0.1, 0.15) is 30.9 Å². The van der Waals surface area contributed by atoms with Gasteiger partial charge in [0.1, 0.15) is 23.2 Å². The number of rotatable bonds is 11. The van der Waals surface area contributed by atoms with Crippen molar-refractivity contribution in [3.63, 3.8) is 0 Å². The number of nitrogens with one attached hydrogen (secondary N) is 1. The maximum Gasteiger partial charge on any atom is 0.332 e. The summed E-state index contributed by atoms with van der Waals surface area (Å²) in [5.41, 5.74) is 1.78. The molecule has 0 aliphatic rings. The fourth-order valence-electron chi connectivity index (χ4n) is 4.15. The van der Waals surface area contributed by atoms with Crippen LogP contribution in [0.4, 0.5) is 5.69 Å². The zero-order valence-electron chi connectivity index (χ0n) is 21.2. The fourth-order valence-corrected chi connectivity index (χ4v) is 4.15. The number of imidazole rings is 1. The lowest BCUT2D eigenvalue weighted by atomic mass is 10.1. The minimum atomic E-state index is -0.485. The minimum Gasteiger partial charge on any atom is -0.497 e. The van der Waals surface area contributed by atoms with Crippen LogP contribution in [-0.2, 0) is 20.6 Å². The average Bonchev–Trinajstić information content (AvgIpc) is 3.36. The smallest absolute Gasteiger partial charge is 0.332 e. The van der Waals surface area contributed by atoms with Crippen molar-refractivity contribution in [2.75, 3.05) is 19.0 Å². The summed E-state index contributed by atoms with van der Waals surface area (Å²) in [6.07, 6.45) is 4.24. The number of anilines is 1. The topological polar surface area (TPSA) is 116 Å². The molecular weight excluding hydrogens is 472 g/mol. The van der Waals surface area contributed by atoms with Crippen molar-refractivity contribution in [1.82, 2.24) is 18.7 Å². The van der Waals surface area contributed by atoms with Gasteiger partial charge >= 0.3 is 5.69 Å². The molecule has 1 atom stereocenters. The van der Waals surface area contributed by atoms with Crippen LogP contribution in [0.5, 0.6) is 11.5 Å². The van der Waals surface area contributed by atoms with Crippen LogP contribution in [0.25, 0.3) is 11.2 Å². The number of aromatic nitrogens is 4. The molecule has 2 aromatic carbocycles. The van der Waals surface area contributed by atoms with Gasteiger partial charge in [-0.2, -0.15) is 5.26 Å². The summed E-state index contributed by atoms with van der Waals surface area (Å²) < 4.78 is 15.4. The Bertz CT molecular complexity index is 1510. The van der Waals surface area contributed by atoms with Gasteiger partial charge in [-0.1, -0.05) is 12.1 Å². The van der Waals surface area contributed by atoms with E-state index >= 15 is 0 Å². The van der Waals surface area contributed by atoms with Crippen LogP contribution in [0, 0.1) is 11.3 Å². The summed E-state index contributed by atoms with van der Waals surface area (Å²) in [6, 6.07) is 16.7. The molecule has 2 heterocycles. The van der Waals surface area contributed by atoms with E-state index in [1.54, 1.807) is 20.5 Å². The van der Waals surface area contributed by atoms with Gasteiger partial charge in [-0.15, -0.1) is 0 Å². The van der Waals surface area contributed by atoms with Gasteiger partial charge in [-0.25, -0.2) is 9.78 Å². The molecule has 1 unspecified atom stereocenters. The molecule has 0 bridgehead atoms. The third kappa shape index (κ3) is 5.67. The highest BCUT2D eigenvalue weighted by atomic mass is 16.5. The van der Waals surface area contributed by atoms with E-state index in [9.17, 15) is 14.9 Å². The van der Waals surface area contributed by atoms with Gasteiger partial charge in [0.25, 0.3) is 5.56 Å². The Balaban J connectivity index is 1.24. The number of hydrogen-bond donors (Lipinski definition) is 1. The highest BCUT2D eigenvalue weighted by molar-refractivity contribution is 5.69. The van der Waals surface area contributed by atoms with Crippen molar-refractivity contribution >= 4 is 16.9 Å². The van der Waals surface area contributed by atoms with Gasteiger partial charge < -0.3 is 19.4 Å². The van der Waals surface area contributed by atoms with Crippen molar-refractivity contribution in [3.05, 3.63) is 81.3 Å². The van der Waals surface area contributed by atoms with Crippen LogP contribution < -0.4 is 26.0 Å². The van der Waals surface area contributed by atoms with Crippen molar-refractivity contribution in [1.29, 1.82) is 5.26 Å². The summed E-state index contributed by atoms with van der Waals surface area (Å²) in [4.78, 5) is 28.7. The fraction of sp³-hybridized carbons (Fsp3) is 0.333. The minimum absolute atomic E-state index is 0.300. The monoisotopic (exact) mass is 502 g/mol. The first-order valence-corrected chi connectivity index (χ1v) is 12.1. The van der Waals surface area contributed by atoms with Crippen molar-refractivity contribution in [2.24, 2.45) is 14.1 Å². The van der Waals surface area contributed by atoms with Gasteiger partial charge in [-0.3, -0.25) is 13.9 Å². The molecule has 10 nitrogen and oxygen atoms in total. The molecule has 37 heavy (non-hydrogen) atoms. The van der Waals surface area contributed by atoms with Crippen LogP contribution in [0.15, 0.2) is 64.4 Å². The number of nitrogens with zero attached hydrogens (tertiary/aromatic N) is 5. The van der Waals surface area contributed by atoms with Crippen molar-refractivity contribution < 1.29 is 9.47 Å². The summed E-state index contributed by atoms with van der Waals surface area (Å²) in [6.45, 7) is 1.22. The molecule has 4 rings (SSSR count). The number of fused-ring (bicyclic) bond motifs is 1. The van der Waals surface area contributed by atoms with Crippen LogP contribution in [0.2, 0.25) is 0 Å². The molecule has 4 aromatic rings. The molecule has 0 saturated heterocycles. The SMILES string of the molecule is COc1ccc(NC(C#N)c2ccc(OCCCCCn3cnc4c(=O)n(C)c(=O)n(C)c43)cc2)cc1. The number of nitriles is 1. The molecule has 2 aromatic heterocycles. The Morgan fingerprint density at radius 1 is 0.973 bits per heavy atom. The van der Waals surface area contributed by atoms with E-state index in [4.69, 9.17) is 9.47 Å². The maximum atomic E-state index is 12.3. The van der Waals surface area contributed by atoms with Gasteiger partial charge in [0.2, 0.25) is 0 Å². The highest BCUT2D eigenvalue weighted by Gasteiger charge is 2.14. The molecule has 0 fully saturated rings. The second kappa shape index (κ2) is 11.5. The lowest BCUT2D eigenvalue weighted by Crippen LogP contribution is -2.37. The van der Waals surface area contributed by atoms with E-state index in [0.29, 0.717) is 24.3 Å². The van der Waals surface area contributed by atoms with Crippen molar-refractivity contribution in [2.45, 2.75) is 31.8 Å². The first-order chi connectivity index (χ1) is 17.9. The van der Waals surface area contributed by atoms with Crippen LogP contribution in [-0.4, -0.2) is 32.4 Å². The number of benzene rings is 2. The molecule has 0 aliphatic carbocycles. The second-order valence-corrected chi connectivity index (χ2v) is 8.73. The molecule has 192 valence electrons. The molecule has 10 heteroatoms. The van der Waals surface area contributed by atoms with E-state index in [1.807, 2.05) is 53.1 Å². The van der Waals surface area contributed by atoms with E-state index < -0.39 is 6.04 Å². The molecular formula is C27H30N6O4. The lowest BCUT2D eigenvalue weighted by Gasteiger charge is -2.14. The Morgan fingerprint density at radius 3 is 2.35 bits per heavy atom. The summed E-state index contributed by atoms with van der Waals surface area (Å²) in [7, 11) is 4.72. The molecule has 0 amide bonds. The Hall–Kier alpha value is -4.52. The number of methoxy groups -OCH3 is 1. The van der Waals surface area contributed by atoms with Gasteiger partial charge in [0.15, 0.2) is 5.52 Å². The molecule has 1 N–H and O–H groups in total. The number of hydrogen-bond acceptors (Lipinski definition) is 7. The van der Waals surface area contributed by atoms with E-state index in [2.05, 4.69) is 16.4 Å². The molecule has 0 spiro atoms. The zero-order valence-corrected chi connectivity index (χ0v) is 21.2. The molecule has 0 radical (unpaired) electrons. The first kappa shape index (κ1) is 25.6. The van der Waals surface area contributed by atoms with E-state index in [0.717, 1.165) is 46.6 Å². The van der Waals surface area contributed by atoms with E-state index in [1.165, 1.54) is 11.6 Å². The Kier molecular flexibility index (Phi) is 7.93. The summed E-state index contributed by atoms with van der Waals surface area (Å²) in [5, 5.41) is 12.8. The Labute approximate surface area is 214 Å². The predicted molar refractivity (Wildman–Crippen MR) is 141 cm³/mol. The zero-order chi connectivity index (χ0) is 26.4. The molecule has 0 aliphatic heterocycles. The number of ether oxygens (including phenoxy) is 2. The van der Waals surface area contributed by atoms with Crippen molar-refractivity contribution in [3.8, 4) is 17.6 Å². The standard InChI is InChI=1S/C27H30N6O4/c1-31-25-24(26(34)32(2)27(31)35)29-18-33(25)15-5-4-6-16-37-22-11-7-19(8-12-22)23(17-28)30-20-9-13-21(36-3)14-10-20/h7-14,18,23,30H,4-6,15-16H2,1-3H3. The molecule has 0 saturated carbocycles. The first-order valence-electron chi connectivity index (χ1n) is 12.1. The van der Waals surface area contributed by atoms with Gasteiger partial charge in [0.05, 0.1) is 26.1 Å². The third-order valence-electron chi connectivity index (χ3n) is 6.26. The van der Waals surface area contributed by atoms with Gasteiger partial charge in [0, 0.05) is 26.3 Å². The average molecular weight is 503 g/mol. The number of unbranched alkanes of at least 4 members (excludes halogenated alkanes) is 2. The lowest BCUT2D eigenvalue weighted by molar-refractivity contribution is 0.304. The summed E-state index contributed by atoms with van der Waals surface area (Å²) >= 11 is 0. The van der Waals surface area contributed by atoms with E-state index in [-0.39, 0.29) is 11.2 Å². The normalized spacial score (nSPS) is 11.7. The number of aryl methyl sites for hydroxylation is 2. The maximum absolute atomic E-state index is 12.3. The summed E-state index contributed by atoms with van der Waals surface area (Å²) in [5.74, 6) is 1.51. The van der Waals surface area contributed by atoms with Crippen LogP contribution in [0.3, 0.4) is 0 Å². The quantitative estimate of drug-likeness (QED) is 0.313. The largest absolute Gasteiger partial charge is 0.497 e. The second-order valence-electron chi connectivity index (χ2n) is 8.73. The third-order valence-corrected chi connectivity index (χ3v) is 6.26. The predicted octanol–water partition coefficient (Wildman–Crippen LogP) is 3.37. The highest BCUT2D eigenvalue weighted by Crippen LogP contribution is 2.23.